The Kier molecular flexibility index (Phi) is 10.8. The molecule has 0 atom stereocenters. The SMILES string of the molecule is CCCCCCCCC(=O)C(=O)OOC(=O)CCC. The Morgan fingerprint density at radius 1 is 0.737 bits per heavy atom. The van der Waals surface area contributed by atoms with Gasteiger partial charge in [-0.15, -0.1) is 0 Å². The van der Waals surface area contributed by atoms with E-state index in [1.165, 1.54) is 12.8 Å². The van der Waals surface area contributed by atoms with Gasteiger partial charge in [0.05, 0.1) is 0 Å². The molecule has 0 aromatic carbocycles. The fraction of sp³-hybridized carbons (Fsp3) is 0.786. The summed E-state index contributed by atoms with van der Waals surface area (Å²) < 4.78 is 0. The number of unbranched alkanes of at least 4 members (excludes halogenated alkanes) is 5. The molecule has 0 heterocycles. The van der Waals surface area contributed by atoms with Crippen molar-refractivity contribution in [3.05, 3.63) is 0 Å². The standard InChI is InChI=1S/C14H24O5/c1-3-5-6-7-8-9-11-12(15)14(17)19-18-13(16)10-4-2/h3-11H2,1-2H3. The minimum atomic E-state index is -1.09. The summed E-state index contributed by atoms with van der Waals surface area (Å²) in [6.07, 6.45) is 7.11. The number of hydrogen-bond donors (Lipinski definition) is 0. The summed E-state index contributed by atoms with van der Waals surface area (Å²) in [7, 11) is 0. The second kappa shape index (κ2) is 11.7. The van der Waals surface area contributed by atoms with Crippen LogP contribution >= 0.6 is 0 Å². The lowest BCUT2D eigenvalue weighted by molar-refractivity contribution is -0.256. The second-order valence-electron chi connectivity index (χ2n) is 4.52. The predicted octanol–water partition coefficient (Wildman–Crippen LogP) is 3.11. The maximum Gasteiger partial charge on any atom is 0.421 e. The average Bonchev–Trinajstić information content (AvgIpc) is 2.40. The van der Waals surface area contributed by atoms with Crippen LogP contribution in [-0.4, -0.2) is 17.7 Å². The van der Waals surface area contributed by atoms with Crippen LogP contribution in [0.5, 0.6) is 0 Å². The Hall–Kier alpha value is -1.39. The third-order valence-electron chi connectivity index (χ3n) is 2.65. The van der Waals surface area contributed by atoms with Gasteiger partial charge in [0.15, 0.2) is 0 Å². The molecule has 0 aliphatic heterocycles. The topological polar surface area (TPSA) is 69.7 Å². The third-order valence-corrected chi connectivity index (χ3v) is 2.65. The first-order valence-corrected chi connectivity index (χ1v) is 7.06. The van der Waals surface area contributed by atoms with E-state index in [1.807, 2.05) is 0 Å². The highest BCUT2D eigenvalue weighted by Gasteiger charge is 2.18. The Morgan fingerprint density at radius 2 is 1.37 bits per heavy atom. The molecule has 5 heteroatoms. The van der Waals surface area contributed by atoms with Gasteiger partial charge in [-0.25, -0.2) is 19.4 Å². The zero-order valence-corrected chi connectivity index (χ0v) is 11.9. The number of hydrogen-bond acceptors (Lipinski definition) is 5. The Labute approximate surface area is 114 Å². The second-order valence-corrected chi connectivity index (χ2v) is 4.52. The van der Waals surface area contributed by atoms with E-state index < -0.39 is 17.7 Å². The molecule has 0 aromatic rings. The Balaban J connectivity index is 3.59. The molecule has 0 rings (SSSR count). The molecule has 0 bridgehead atoms. The Bertz CT molecular complexity index is 286. The molecule has 0 aromatic heterocycles. The van der Waals surface area contributed by atoms with Crippen LogP contribution in [0.2, 0.25) is 0 Å². The van der Waals surface area contributed by atoms with Crippen LogP contribution in [0.25, 0.3) is 0 Å². The van der Waals surface area contributed by atoms with E-state index in [4.69, 9.17) is 0 Å². The molecule has 0 saturated carbocycles. The molecule has 0 N–H and O–H groups in total. The van der Waals surface area contributed by atoms with Crippen LogP contribution in [0.3, 0.4) is 0 Å². The van der Waals surface area contributed by atoms with Crippen molar-refractivity contribution in [1.82, 2.24) is 0 Å². The van der Waals surface area contributed by atoms with Gasteiger partial charge >= 0.3 is 11.9 Å². The first kappa shape index (κ1) is 17.6. The molecule has 5 nitrogen and oxygen atoms in total. The average molecular weight is 272 g/mol. The van der Waals surface area contributed by atoms with Crippen molar-refractivity contribution in [3.63, 3.8) is 0 Å². The quantitative estimate of drug-likeness (QED) is 0.264. The summed E-state index contributed by atoms with van der Waals surface area (Å²) in [6, 6.07) is 0. The van der Waals surface area contributed by atoms with E-state index in [0.717, 1.165) is 19.3 Å². The molecule has 110 valence electrons. The molecular weight excluding hydrogens is 248 g/mol. The maximum atomic E-state index is 11.3. The molecule has 0 saturated heterocycles. The summed E-state index contributed by atoms with van der Waals surface area (Å²) in [4.78, 5) is 41.8. The highest BCUT2D eigenvalue weighted by molar-refractivity contribution is 6.33. The number of carbonyl (C=O) groups excluding carboxylic acids is 3. The normalized spacial score (nSPS) is 10.0. The van der Waals surface area contributed by atoms with Gasteiger partial charge < -0.3 is 0 Å². The van der Waals surface area contributed by atoms with Gasteiger partial charge in [-0.2, -0.15) is 0 Å². The monoisotopic (exact) mass is 272 g/mol. The van der Waals surface area contributed by atoms with E-state index >= 15 is 0 Å². The summed E-state index contributed by atoms with van der Waals surface area (Å²) in [6.45, 7) is 3.94. The van der Waals surface area contributed by atoms with Crippen LogP contribution < -0.4 is 0 Å². The molecule has 0 aliphatic rings. The van der Waals surface area contributed by atoms with E-state index in [-0.39, 0.29) is 12.8 Å². The van der Waals surface area contributed by atoms with Crippen LogP contribution in [0.1, 0.15) is 71.6 Å². The van der Waals surface area contributed by atoms with Crippen molar-refractivity contribution in [3.8, 4) is 0 Å². The van der Waals surface area contributed by atoms with Gasteiger partial charge in [0.1, 0.15) is 0 Å². The van der Waals surface area contributed by atoms with Crippen LogP contribution in [0.4, 0.5) is 0 Å². The third kappa shape index (κ3) is 10.2. The zero-order chi connectivity index (χ0) is 14.5. The largest absolute Gasteiger partial charge is 0.421 e. The first-order valence-electron chi connectivity index (χ1n) is 7.06. The molecular formula is C14H24O5. The molecule has 0 unspecified atom stereocenters. The van der Waals surface area contributed by atoms with Crippen molar-refractivity contribution < 1.29 is 24.2 Å². The van der Waals surface area contributed by atoms with Gasteiger partial charge in [-0.1, -0.05) is 46.0 Å². The molecule has 0 amide bonds. The molecule has 0 fully saturated rings. The minimum absolute atomic E-state index is 0.149. The molecule has 0 radical (unpaired) electrons. The first-order chi connectivity index (χ1) is 9.11. The van der Waals surface area contributed by atoms with Gasteiger partial charge in [0.25, 0.3) is 0 Å². The summed E-state index contributed by atoms with van der Waals surface area (Å²) in [5, 5.41) is 0. The summed E-state index contributed by atoms with van der Waals surface area (Å²) >= 11 is 0. The van der Waals surface area contributed by atoms with E-state index in [1.54, 1.807) is 6.92 Å². The van der Waals surface area contributed by atoms with Gasteiger partial charge in [0, 0.05) is 12.8 Å². The summed E-state index contributed by atoms with van der Waals surface area (Å²) in [5.41, 5.74) is 0. The van der Waals surface area contributed by atoms with E-state index in [0.29, 0.717) is 12.8 Å². The highest BCUT2D eigenvalue weighted by atomic mass is 17.2. The molecule has 19 heavy (non-hydrogen) atoms. The highest BCUT2D eigenvalue weighted by Crippen LogP contribution is 2.07. The van der Waals surface area contributed by atoms with E-state index in [9.17, 15) is 14.4 Å². The molecule has 0 spiro atoms. The number of ketones is 1. The lowest BCUT2D eigenvalue weighted by atomic mass is 10.1. The lowest BCUT2D eigenvalue weighted by Crippen LogP contribution is -2.19. The zero-order valence-electron chi connectivity index (χ0n) is 11.9. The smallest absolute Gasteiger partial charge is 0.287 e. The summed E-state index contributed by atoms with van der Waals surface area (Å²) in [5.74, 6) is -2.36. The van der Waals surface area contributed by atoms with Crippen molar-refractivity contribution in [2.45, 2.75) is 71.6 Å². The predicted molar refractivity (Wildman–Crippen MR) is 70.1 cm³/mol. The fourth-order valence-electron chi connectivity index (χ4n) is 1.54. The number of Topliss-reactive ketones (excluding diaryl/α,β-unsaturated/α-hetero) is 1. The molecule has 0 aliphatic carbocycles. The Morgan fingerprint density at radius 3 is 2.00 bits per heavy atom. The minimum Gasteiger partial charge on any atom is -0.287 e. The lowest BCUT2D eigenvalue weighted by Gasteiger charge is -2.02. The van der Waals surface area contributed by atoms with Crippen molar-refractivity contribution in [2.75, 3.05) is 0 Å². The van der Waals surface area contributed by atoms with Crippen molar-refractivity contribution in [1.29, 1.82) is 0 Å². The van der Waals surface area contributed by atoms with Gasteiger partial charge in [0.2, 0.25) is 5.78 Å². The van der Waals surface area contributed by atoms with Crippen molar-refractivity contribution >= 4 is 17.7 Å². The fourth-order valence-corrected chi connectivity index (χ4v) is 1.54. The maximum absolute atomic E-state index is 11.3. The number of carbonyl (C=O) groups is 3. The van der Waals surface area contributed by atoms with Crippen molar-refractivity contribution in [2.24, 2.45) is 0 Å². The number of rotatable bonds is 10. The van der Waals surface area contributed by atoms with Crippen LogP contribution in [-0.2, 0) is 24.2 Å². The van der Waals surface area contributed by atoms with Gasteiger partial charge in [-0.3, -0.25) is 4.79 Å². The van der Waals surface area contributed by atoms with Crippen LogP contribution in [0.15, 0.2) is 0 Å². The van der Waals surface area contributed by atoms with Gasteiger partial charge in [-0.05, 0) is 12.8 Å². The van der Waals surface area contributed by atoms with Crippen LogP contribution in [0, 0.1) is 0 Å². The van der Waals surface area contributed by atoms with E-state index in [2.05, 4.69) is 16.7 Å².